The van der Waals surface area contributed by atoms with Crippen molar-refractivity contribution in [3.63, 3.8) is 0 Å². The number of rotatable bonds is 3. The number of hydrogen-bond donors (Lipinski definition) is 4. The molecule has 0 amide bonds. The van der Waals surface area contributed by atoms with E-state index in [0.717, 1.165) is 70.6 Å². The summed E-state index contributed by atoms with van der Waals surface area (Å²) in [5, 5.41) is 54.3. The number of aromatic nitrogens is 3. The third kappa shape index (κ3) is 3.85. The highest BCUT2D eigenvalue weighted by Gasteiger charge is 2.64. The van der Waals surface area contributed by atoms with Gasteiger partial charge in [-0.25, -0.2) is 4.68 Å². The number of benzene rings is 2. The van der Waals surface area contributed by atoms with Crippen LogP contribution in [0.25, 0.3) is 0 Å². The molecule has 4 N–H and O–H groups in total. The number of aliphatic hydroxyl groups is 2. The van der Waals surface area contributed by atoms with Gasteiger partial charge in [-0.05, 0) is 159 Å². The van der Waals surface area contributed by atoms with Crippen LogP contribution in [0.2, 0.25) is 0 Å². The minimum atomic E-state index is -1.02. The van der Waals surface area contributed by atoms with Gasteiger partial charge >= 0.3 is 0 Å². The van der Waals surface area contributed by atoms with Gasteiger partial charge < -0.3 is 20.4 Å². The summed E-state index contributed by atoms with van der Waals surface area (Å²) in [5.74, 6) is 3.68. The molecule has 0 spiro atoms. The molecular formula is C39H49N3O4. The lowest BCUT2D eigenvalue weighted by atomic mass is 9.53. The Hall–Kier alpha value is -2.90. The van der Waals surface area contributed by atoms with Crippen LogP contribution < -0.4 is 0 Å². The largest absolute Gasteiger partial charge is 0.508 e. The Labute approximate surface area is 272 Å². The molecule has 2 aromatic carbocycles. The van der Waals surface area contributed by atoms with Crippen LogP contribution in [0.3, 0.4) is 0 Å². The summed E-state index contributed by atoms with van der Waals surface area (Å²) in [6.07, 6.45) is 13.7. The highest BCUT2D eigenvalue weighted by molar-refractivity contribution is 5.42. The summed E-state index contributed by atoms with van der Waals surface area (Å²) in [6.45, 7) is 5.03. The van der Waals surface area contributed by atoms with E-state index in [1.54, 1.807) is 0 Å². The van der Waals surface area contributed by atoms with Gasteiger partial charge in [0.1, 0.15) is 22.8 Å². The Morgan fingerprint density at radius 2 is 1.28 bits per heavy atom. The van der Waals surface area contributed by atoms with E-state index in [-0.39, 0.29) is 10.8 Å². The first kappa shape index (κ1) is 29.3. The van der Waals surface area contributed by atoms with Gasteiger partial charge in [-0.1, -0.05) is 31.2 Å². The van der Waals surface area contributed by atoms with E-state index in [1.807, 2.05) is 35.1 Å². The zero-order valence-corrected chi connectivity index (χ0v) is 27.3. The number of nitrogens with zero attached hydrogens (tertiary/aromatic N) is 3. The second-order valence-corrected chi connectivity index (χ2v) is 16.8. The normalized spacial score (nSPS) is 42.3. The molecule has 9 rings (SSSR count). The predicted molar refractivity (Wildman–Crippen MR) is 174 cm³/mol. The van der Waals surface area contributed by atoms with Gasteiger partial charge in [0.15, 0.2) is 0 Å². The zero-order chi connectivity index (χ0) is 31.6. The molecule has 6 aliphatic carbocycles. The van der Waals surface area contributed by atoms with E-state index in [4.69, 9.17) is 0 Å². The third-order valence-electron chi connectivity index (χ3n) is 15.3. The fourth-order valence-corrected chi connectivity index (χ4v) is 12.8. The molecule has 0 radical (unpaired) electrons. The molecule has 0 bridgehead atoms. The van der Waals surface area contributed by atoms with Crippen LogP contribution in [0.1, 0.15) is 118 Å². The summed E-state index contributed by atoms with van der Waals surface area (Å²) in [6, 6.07) is 11.9. The van der Waals surface area contributed by atoms with E-state index < -0.39 is 11.2 Å². The van der Waals surface area contributed by atoms with Crippen molar-refractivity contribution in [2.75, 3.05) is 0 Å². The van der Waals surface area contributed by atoms with Crippen LogP contribution in [-0.2, 0) is 25.0 Å². The van der Waals surface area contributed by atoms with E-state index >= 15 is 0 Å². The molecule has 7 nitrogen and oxygen atoms in total. The Bertz CT molecular complexity index is 1700. The van der Waals surface area contributed by atoms with Crippen molar-refractivity contribution < 1.29 is 20.4 Å². The first-order chi connectivity index (χ1) is 22.0. The van der Waals surface area contributed by atoms with E-state index in [9.17, 15) is 20.4 Å². The van der Waals surface area contributed by atoms with Crippen molar-refractivity contribution in [3.8, 4) is 11.5 Å². The van der Waals surface area contributed by atoms with Crippen LogP contribution in [-0.4, -0.2) is 41.0 Å². The maximum Gasteiger partial charge on any atom is 0.116 e. The lowest BCUT2D eigenvalue weighted by Gasteiger charge is -2.53. The Morgan fingerprint density at radius 1 is 0.717 bits per heavy atom. The predicted octanol–water partition coefficient (Wildman–Crippen LogP) is 6.72. The second kappa shape index (κ2) is 9.82. The SMILES string of the molecule is C[C@]12CC[C@@H]3c4ccc(O)cc4CC[C@H]3[C@@H]1CC[C@@]2(O)Cn1cc([C@]2(O)CC[C@H]3[C@@H]4CCc5cc(O)ccc5[C@H]4CC[C@@]32C)nn1. The molecule has 7 heteroatoms. The maximum atomic E-state index is 12.5. The average molecular weight is 624 g/mol. The van der Waals surface area contributed by atoms with E-state index in [0.29, 0.717) is 65.7 Å². The molecule has 0 saturated heterocycles. The number of hydrogen-bond acceptors (Lipinski definition) is 6. The van der Waals surface area contributed by atoms with Gasteiger partial charge in [-0.15, -0.1) is 5.10 Å². The van der Waals surface area contributed by atoms with Crippen LogP contribution in [0.4, 0.5) is 0 Å². The Morgan fingerprint density at radius 3 is 1.91 bits per heavy atom. The van der Waals surface area contributed by atoms with Gasteiger partial charge in [-0.2, -0.15) is 0 Å². The topological polar surface area (TPSA) is 112 Å². The highest BCUT2D eigenvalue weighted by Crippen LogP contribution is 2.67. The number of fused-ring (bicyclic) bond motifs is 10. The van der Waals surface area contributed by atoms with Crippen molar-refractivity contribution in [3.05, 3.63) is 70.5 Å². The molecule has 3 aromatic rings. The number of phenols is 2. The molecule has 6 aliphatic rings. The Balaban J connectivity index is 0.948. The molecule has 4 saturated carbocycles. The van der Waals surface area contributed by atoms with Crippen molar-refractivity contribution in [2.24, 2.45) is 34.5 Å². The fourth-order valence-electron chi connectivity index (χ4n) is 12.8. The van der Waals surface area contributed by atoms with Gasteiger partial charge in [-0.3, -0.25) is 0 Å². The third-order valence-corrected chi connectivity index (χ3v) is 15.3. The molecule has 0 aliphatic heterocycles. The minimum Gasteiger partial charge on any atom is -0.508 e. The molecule has 4 fully saturated rings. The quantitative estimate of drug-likeness (QED) is 0.258. The number of phenolic OH excluding ortho intramolecular Hbond substituents is 2. The number of aromatic hydroxyl groups is 2. The first-order valence-corrected chi connectivity index (χ1v) is 18.0. The molecule has 1 aromatic heterocycles. The highest BCUT2D eigenvalue weighted by atomic mass is 16.3. The number of aryl methyl sites for hydroxylation is 2. The van der Waals surface area contributed by atoms with Crippen molar-refractivity contribution >= 4 is 0 Å². The average Bonchev–Trinajstić information content (AvgIpc) is 3.69. The standard InChI is InChI=1S/C39H49N3O4/c1-36-15-11-29-27-9-5-25(43)19-23(27)3-7-31(29)33(36)13-17-38(36,45)22-42-21-35(40-41-42)39(46)18-14-34-32-8-4-24-20-26(44)6-10-28(24)30(32)12-16-37(34,39)2/h5-6,9-10,19-21,29-34,43-46H,3-4,7-8,11-18,22H2,1-2H3/t29-,30-,31-,32-,33+,34+,36+,37+,38-,39-/m1/s1. The lowest BCUT2D eigenvalue weighted by molar-refractivity contribution is -0.114. The summed E-state index contributed by atoms with van der Waals surface area (Å²) in [5.41, 5.74) is 3.74. The maximum absolute atomic E-state index is 12.5. The van der Waals surface area contributed by atoms with E-state index in [2.05, 4.69) is 36.3 Å². The molecular weight excluding hydrogens is 574 g/mol. The first-order valence-electron chi connectivity index (χ1n) is 18.0. The monoisotopic (exact) mass is 623 g/mol. The summed E-state index contributed by atoms with van der Waals surface area (Å²) in [4.78, 5) is 0. The van der Waals surface area contributed by atoms with Crippen LogP contribution in [0.15, 0.2) is 42.6 Å². The Kier molecular flexibility index (Phi) is 6.25. The second-order valence-electron chi connectivity index (χ2n) is 16.8. The minimum absolute atomic E-state index is 0.192. The molecule has 0 unspecified atom stereocenters. The lowest BCUT2D eigenvalue weighted by Crippen LogP contribution is -2.52. The zero-order valence-electron chi connectivity index (χ0n) is 27.3. The van der Waals surface area contributed by atoms with Crippen LogP contribution in [0, 0.1) is 34.5 Å². The van der Waals surface area contributed by atoms with Gasteiger partial charge in [0.2, 0.25) is 0 Å². The van der Waals surface area contributed by atoms with Gasteiger partial charge in [0, 0.05) is 10.8 Å². The molecule has 244 valence electrons. The van der Waals surface area contributed by atoms with Gasteiger partial charge in [0.25, 0.3) is 0 Å². The van der Waals surface area contributed by atoms with Crippen molar-refractivity contribution in [1.82, 2.24) is 15.0 Å². The fraction of sp³-hybridized carbons (Fsp3) is 0.641. The summed E-state index contributed by atoms with van der Waals surface area (Å²) in [7, 11) is 0. The van der Waals surface area contributed by atoms with Crippen molar-refractivity contribution in [2.45, 2.75) is 120 Å². The molecule has 46 heavy (non-hydrogen) atoms. The summed E-state index contributed by atoms with van der Waals surface area (Å²) < 4.78 is 1.84. The summed E-state index contributed by atoms with van der Waals surface area (Å²) >= 11 is 0. The van der Waals surface area contributed by atoms with E-state index in [1.165, 1.54) is 22.3 Å². The van der Waals surface area contributed by atoms with Gasteiger partial charge in [0.05, 0.1) is 18.3 Å². The smallest absolute Gasteiger partial charge is 0.116 e. The molecule has 10 atom stereocenters. The van der Waals surface area contributed by atoms with Crippen LogP contribution >= 0.6 is 0 Å². The van der Waals surface area contributed by atoms with Crippen LogP contribution in [0.5, 0.6) is 11.5 Å². The van der Waals surface area contributed by atoms with Crippen molar-refractivity contribution in [1.29, 1.82) is 0 Å². The molecule has 1 heterocycles.